The quantitative estimate of drug-likeness (QED) is 0.440. The smallest absolute Gasteiger partial charge is 0.341 e. The lowest BCUT2D eigenvalue weighted by atomic mass is 9.90. The predicted octanol–water partition coefficient (Wildman–Crippen LogP) is 5.87. The Morgan fingerprint density at radius 1 is 0.722 bits per heavy atom. The second-order valence-corrected chi connectivity index (χ2v) is 9.31. The summed E-state index contributed by atoms with van der Waals surface area (Å²) in [5, 5.41) is 27.3. The van der Waals surface area contributed by atoms with E-state index < -0.39 is 11.9 Å². The summed E-state index contributed by atoms with van der Waals surface area (Å²) in [5.74, 6) is 0.125. The van der Waals surface area contributed by atoms with Crippen molar-refractivity contribution in [1.82, 2.24) is 0 Å². The lowest BCUT2D eigenvalue weighted by Crippen LogP contribution is -2.16. The number of para-hydroxylation sites is 2. The third-order valence-corrected chi connectivity index (χ3v) is 6.59. The number of carbonyl (C=O) groups excluding carboxylic acids is 2. The number of hydrogen-bond donors (Lipinski definition) is 3. The van der Waals surface area contributed by atoms with Crippen molar-refractivity contribution in [3.05, 3.63) is 59.7 Å². The van der Waals surface area contributed by atoms with Gasteiger partial charge in [-0.3, -0.25) is 0 Å². The van der Waals surface area contributed by atoms with E-state index in [0.717, 1.165) is 12.8 Å². The van der Waals surface area contributed by atoms with E-state index in [9.17, 15) is 14.7 Å². The zero-order valence-corrected chi connectivity index (χ0v) is 21.2. The summed E-state index contributed by atoms with van der Waals surface area (Å²) in [6, 6.07) is 12.7. The Labute approximate surface area is 214 Å². The molecule has 0 unspecified atom stereocenters. The number of ether oxygens (including phenoxy) is 2. The number of aliphatic hydroxyl groups is 1. The minimum atomic E-state index is -0.525. The van der Waals surface area contributed by atoms with Gasteiger partial charge in [-0.1, -0.05) is 62.8 Å². The van der Waals surface area contributed by atoms with E-state index in [1.807, 2.05) is 0 Å². The summed E-state index contributed by atoms with van der Waals surface area (Å²) in [7, 11) is 1.27. The Bertz CT molecular complexity index is 915. The monoisotopic (exact) mass is 500 g/mol. The first-order valence-corrected chi connectivity index (χ1v) is 12.9. The molecule has 0 amide bonds. The van der Waals surface area contributed by atoms with Gasteiger partial charge >= 0.3 is 11.9 Å². The van der Waals surface area contributed by atoms with Gasteiger partial charge in [0.15, 0.2) is 0 Å². The second-order valence-electron chi connectivity index (χ2n) is 9.31. The number of aliphatic hydroxyl groups excluding tert-OH is 1. The minimum Gasteiger partial charge on any atom is -0.507 e. The van der Waals surface area contributed by atoms with Crippen LogP contribution in [0.5, 0.6) is 11.5 Å². The van der Waals surface area contributed by atoms with Crippen molar-refractivity contribution in [2.45, 2.75) is 64.2 Å². The van der Waals surface area contributed by atoms with Crippen LogP contribution in [0.15, 0.2) is 48.5 Å². The number of aromatic hydroxyl groups is 2. The van der Waals surface area contributed by atoms with Gasteiger partial charge in [-0.15, -0.1) is 0 Å². The maximum absolute atomic E-state index is 11.7. The van der Waals surface area contributed by atoms with Crippen molar-refractivity contribution >= 4 is 11.9 Å². The van der Waals surface area contributed by atoms with E-state index in [0.29, 0.717) is 25.0 Å². The Morgan fingerprint density at radius 2 is 1.17 bits per heavy atom. The molecule has 7 nitrogen and oxygen atoms in total. The number of hydrogen-bond acceptors (Lipinski definition) is 7. The summed E-state index contributed by atoms with van der Waals surface area (Å²) < 4.78 is 9.67. The van der Waals surface area contributed by atoms with Crippen molar-refractivity contribution in [3.8, 4) is 11.5 Å². The van der Waals surface area contributed by atoms with Gasteiger partial charge in [0.25, 0.3) is 0 Å². The first kappa shape index (κ1) is 29.2. The molecule has 0 radical (unpaired) electrons. The largest absolute Gasteiger partial charge is 0.507 e. The fourth-order valence-electron chi connectivity index (χ4n) is 4.40. The molecule has 4 rings (SSSR count). The second kappa shape index (κ2) is 16.6. The number of benzene rings is 2. The molecule has 198 valence electrons. The van der Waals surface area contributed by atoms with E-state index in [4.69, 9.17) is 14.9 Å². The van der Waals surface area contributed by atoms with Crippen LogP contribution in [0.4, 0.5) is 0 Å². The van der Waals surface area contributed by atoms with Crippen LogP contribution in [0.1, 0.15) is 84.9 Å². The van der Waals surface area contributed by atoms with E-state index >= 15 is 0 Å². The van der Waals surface area contributed by atoms with Crippen molar-refractivity contribution in [2.24, 2.45) is 11.8 Å². The number of carbonyl (C=O) groups is 2. The number of phenolic OH excluding ortho intramolecular Hbond substituents is 2. The van der Waals surface area contributed by atoms with Crippen molar-refractivity contribution in [1.29, 1.82) is 0 Å². The van der Waals surface area contributed by atoms with E-state index in [2.05, 4.69) is 4.74 Å². The fraction of sp³-hybridized carbons (Fsp3) is 0.517. The van der Waals surface area contributed by atoms with Crippen LogP contribution in [-0.4, -0.2) is 47.6 Å². The molecule has 7 heteroatoms. The highest BCUT2D eigenvalue weighted by Crippen LogP contribution is 2.25. The Kier molecular flexibility index (Phi) is 13.4. The van der Waals surface area contributed by atoms with E-state index in [1.165, 1.54) is 76.7 Å². The number of methoxy groups -OCH3 is 1. The Hall–Kier alpha value is -3.06. The maximum atomic E-state index is 11.7. The molecule has 0 heterocycles. The zero-order valence-electron chi connectivity index (χ0n) is 21.2. The van der Waals surface area contributed by atoms with Gasteiger partial charge < -0.3 is 24.8 Å². The summed E-state index contributed by atoms with van der Waals surface area (Å²) >= 11 is 0. The lowest BCUT2D eigenvalue weighted by Gasteiger charge is -2.21. The Morgan fingerprint density at radius 3 is 1.58 bits per heavy atom. The van der Waals surface area contributed by atoms with Crippen molar-refractivity contribution in [2.75, 3.05) is 20.3 Å². The van der Waals surface area contributed by atoms with Gasteiger partial charge in [0.2, 0.25) is 0 Å². The fourth-order valence-corrected chi connectivity index (χ4v) is 4.40. The number of rotatable bonds is 5. The van der Waals surface area contributed by atoms with Crippen LogP contribution >= 0.6 is 0 Å². The van der Waals surface area contributed by atoms with Crippen LogP contribution in [0.25, 0.3) is 0 Å². The van der Waals surface area contributed by atoms with Gasteiger partial charge in [0, 0.05) is 6.61 Å². The highest BCUT2D eigenvalue weighted by atomic mass is 16.5. The maximum Gasteiger partial charge on any atom is 0.341 e. The average molecular weight is 501 g/mol. The molecule has 0 spiro atoms. The molecule has 0 aliphatic heterocycles. The number of esters is 2. The molecule has 0 atom stereocenters. The first-order chi connectivity index (χ1) is 17.5. The molecule has 36 heavy (non-hydrogen) atoms. The normalized spacial score (nSPS) is 15.9. The molecule has 0 saturated heterocycles. The van der Waals surface area contributed by atoms with Crippen LogP contribution < -0.4 is 0 Å². The van der Waals surface area contributed by atoms with Gasteiger partial charge in [0.05, 0.1) is 13.7 Å². The molecule has 3 N–H and O–H groups in total. The van der Waals surface area contributed by atoms with E-state index in [-0.39, 0.29) is 22.6 Å². The van der Waals surface area contributed by atoms with Crippen LogP contribution in [0.2, 0.25) is 0 Å². The van der Waals surface area contributed by atoms with Crippen LogP contribution in [0, 0.1) is 11.8 Å². The molecule has 2 saturated carbocycles. The SMILES string of the molecule is COC(=O)c1ccccc1O.O=C(OCC1CCCCC1)c1ccccc1O.OCC1CCCCC1. The summed E-state index contributed by atoms with van der Waals surface area (Å²) in [4.78, 5) is 22.6. The highest BCUT2D eigenvalue weighted by Gasteiger charge is 2.17. The van der Waals surface area contributed by atoms with Crippen LogP contribution in [0.3, 0.4) is 0 Å². The molecule has 2 aliphatic carbocycles. The highest BCUT2D eigenvalue weighted by molar-refractivity contribution is 5.92. The molecule has 0 aromatic heterocycles. The van der Waals surface area contributed by atoms with Gasteiger partial charge in [-0.25, -0.2) is 9.59 Å². The summed E-state index contributed by atoms with van der Waals surface area (Å²) in [5.41, 5.74) is 0.443. The zero-order chi connectivity index (χ0) is 26.2. The summed E-state index contributed by atoms with van der Waals surface area (Å²) in [6.45, 7) is 0.896. The molecule has 2 aromatic rings. The Balaban J connectivity index is 0.000000206. The molecular weight excluding hydrogens is 460 g/mol. The van der Waals surface area contributed by atoms with Crippen LogP contribution in [-0.2, 0) is 9.47 Å². The first-order valence-electron chi connectivity index (χ1n) is 12.9. The predicted molar refractivity (Wildman–Crippen MR) is 138 cm³/mol. The third-order valence-electron chi connectivity index (χ3n) is 6.59. The van der Waals surface area contributed by atoms with Crippen molar-refractivity contribution in [3.63, 3.8) is 0 Å². The van der Waals surface area contributed by atoms with Gasteiger partial charge in [-0.2, -0.15) is 0 Å². The standard InChI is InChI=1S/C14H18O3.C8H8O3.C7H14O/c15-13-9-5-4-8-12(13)14(16)17-10-11-6-2-1-3-7-11;1-11-8(10)6-4-2-3-5-7(6)9;8-6-7-4-2-1-3-5-7/h4-5,8-9,11,15H,1-3,6-7,10H2;2-5,9H,1H3;7-8H,1-6H2. The van der Waals surface area contributed by atoms with Crippen molar-refractivity contribution < 1.29 is 34.4 Å². The lowest BCUT2D eigenvalue weighted by molar-refractivity contribution is 0.0406. The van der Waals surface area contributed by atoms with E-state index in [1.54, 1.807) is 30.3 Å². The van der Waals surface area contributed by atoms with Gasteiger partial charge in [-0.05, 0) is 61.8 Å². The molecule has 0 bridgehead atoms. The topological polar surface area (TPSA) is 113 Å². The number of phenols is 2. The minimum absolute atomic E-state index is 0.0128. The third kappa shape index (κ3) is 10.3. The summed E-state index contributed by atoms with van der Waals surface area (Å²) in [6.07, 6.45) is 12.6. The molecule has 2 aliphatic rings. The molecule has 2 fully saturated rings. The van der Waals surface area contributed by atoms with Gasteiger partial charge in [0.1, 0.15) is 22.6 Å². The average Bonchev–Trinajstić information content (AvgIpc) is 2.93. The molecule has 2 aromatic carbocycles. The molecular formula is C29H40O7.